The zero-order chi connectivity index (χ0) is 15.9. The fourth-order valence-electron chi connectivity index (χ4n) is 3.56. The third-order valence-corrected chi connectivity index (χ3v) is 5.90. The van der Waals surface area contributed by atoms with E-state index in [0.29, 0.717) is 12.8 Å². The monoisotopic (exact) mass is 365 g/mol. The van der Waals surface area contributed by atoms with E-state index < -0.39 is 11.9 Å². The van der Waals surface area contributed by atoms with Crippen LogP contribution in [0, 0.1) is 18.8 Å². The first-order valence-electron chi connectivity index (χ1n) is 7.78. The lowest BCUT2D eigenvalue weighted by Crippen LogP contribution is -2.45. The van der Waals surface area contributed by atoms with Crippen molar-refractivity contribution in [2.45, 2.75) is 38.6 Å². The van der Waals surface area contributed by atoms with Gasteiger partial charge in [-0.25, -0.2) is 0 Å². The van der Waals surface area contributed by atoms with Gasteiger partial charge < -0.3 is 10.0 Å². The number of rotatable bonds is 3. The van der Waals surface area contributed by atoms with Gasteiger partial charge in [0.05, 0.1) is 17.9 Å². The molecule has 1 amide bonds. The van der Waals surface area contributed by atoms with Crippen molar-refractivity contribution >= 4 is 27.8 Å². The summed E-state index contributed by atoms with van der Waals surface area (Å²) in [7, 11) is 0. The number of halogens is 1. The standard InChI is InChI=1S/C17H20BrNO3/c1-10-9-11(4-7-14(10)18)15-3-2-8-19(15)16(20)12-5-6-13(12)17(21)22/h4,7,9,12-13,15H,2-3,5-6,8H2,1H3,(H,21,22). The van der Waals surface area contributed by atoms with Crippen LogP contribution in [0.1, 0.15) is 42.9 Å². The van der Waals surface area contributed by atoms with Gasteiger partial charge in [-0.15, -0.1) is 0 Å². The second kappa shape index (κ2) is 6.03. The summed E-state index contributed by atoms with van der Waals surface area (Å²) in [4.78, 5) is 25.8. The van der Waals surface area contributed by atoms with E-state index in [4.69, 9.17) is 5.11 Å². The first-order chi connectivity index (χ1) is 10.5. The van der Waals surface area contributed by atoms with E-state index in [1.165, 1.54) is 0 Å². The Hall–Kier alpha value is -1.36. The van der Waals surface area contributed by atoms with E-state index in [-0.39, 0.29) is 17.9 Å². The molecule has 1 aliphatic heterocycles. The second-order valence-corrected chi connectivity index (χ2v) is 7.18. The van der Waals surface area contributed by atoms with Gasteiger partial charge in [-0.2, -0.15) is 0 Å². The van der Waals surface area contributed by atoms with Crippen LogP contribution in [-0.2, 0) is 9.59 Å². The number of nitrogens with zero attached hydrogens (tertiary/aromatic N) is 1. The number of carbonyl (C=O) groups is 2. The summed E-state index contributed by atoms with van der Waals surface area (Å²) in [5.74, 6) is -1.61. The van der Waals surface area contributed by atoms with Crippen molar-refractivity contribution in [3.8, 4) is 0 Å². The summed E-state index contributed by atoms with van der Waals surface area (Å²) >= 11 is 3.50. The number of aryl methyl sites for hydroxylation is 1. The molecule has 3 rings (SSSR count). The maximum atomic E-state index is 12.7. The van der Waals surface area contributed by atoms with E-state index in [0.717, 1.165) is 35.0 Å². The molecule has 1 aromatic rings. The van der Waals surface area contributed by atoms with E-state index in [1.54, 1.807) is 0 Å². The van der Waals surface area contributed by atoms with Gasteiger partial charge in [-0.05, 0) is 49.8 Å². The van der Waals surface area contributed by atoms with Gasteiger partial charge in [-0.3, -0.25) is 9.59 Å². The Morgan fingerprint density at radius 1 is 1.23 bits per heavy atom. The van der Waals surface area contributed by atoms with Gasteiger partial charge in [0.15, 0.2) is 0 Å². The first-order valence-corrected chi connectivity index (χ1v) is 8.57. The van der Waals surface area contributed by atoms with Gasteiger partial charge in [0.25, 0.3) is 0 Å². The summed E-state index contributed by atoms with van der Waals surface area (Å²) in [6.07, 6.45) is 3.27. The van der Waals surface area contributed by atoms with Gasteiger partial charge >= 0.3 is 5.97 Å². The molecule has 1 heterocycles. The predicted octanol–water partition coefficient (Wildman–Crippen LogP) is 3.53. The minimum Gasteiger partial charge on any atom is -0.481 e. The zero-order valence-electron chi connectivity index (χ0n) is 12.6. The lowest BCUT2D eigenvalue weighted by atomic mass is 9.72. The molecule has 2 fully saturated rings. The Labute approximate surface area is 138 Å². The SMILES string of the molecule is Cc1cc(C2CCCN2C(=O)C2CCC2C(=O)O)ccc1Br. The number of aliphatic carboxylic acids is 1. The number of carboxylic acids is 1. The molecule has 4 nitrogen and oxygen atoms in total. The molecule has 1 saturated heterocycles. The number of carboxylic acid groups (broad SMARTS) is 1. The van der Waals surface area contributed by atoms with Crippen molar-refractivity contribution in [2.75, 3.05) is 6.54 Å². The number of carbonyl (C=O) groups excluding carboxylic acids is 1. The predicted molar refractivity (Wildman–Crippen MR) is 86.4 cm³/mol. The van der Waals surface area contributed by atoms with E-state index in [2.05, 4.69) is 28.1 Å². The van der Waals surface area contributed by atoms with Gasteiger partial charge in [0.1, 0.15) is 0 Å². The molecule has 0 radical (unpaired) electrons. The highest BCUT2D eigenvalue weighted by atomic mass is 79.9. The molecule has 2 aliphatic rings. The van der Waals surface area contributed by atoms with Crippen molar-refractivity contribution < 1.29 is 14.7 Å². The minimum absolute atomic E-state index is 0.0294. The molecule has 22 heavy (non-hydrogen) atoms. The highest BCUT2D eigenvalue weighted by molar-refractivity contribution is 9.10. The summed E-state index contributed by atoms with van der Waals surface area (Å²) < 4.78 is 1.07. The molecular formula is C17H20BrNO3. The van der Waals surface area contributed by atoms with Crippen LogP contribution in [0.4, 0.5) is 0 Å². The lowest BCUT2D eigenvalue weighted by Gasteiger charge is -2.37. The number of hydrogen-bond donors (Lipinski definition) is 1. The third-order valence-electron chi connectivity index (χ3n) is 5.01. The Bertz CT molecular complexity index is 616. The summed E-state index contributed by atoms with van der Waals surface area (Å²) in [5.41, 5.74) is 2.31. The van der Waals surface area contributed by atoms with Crippen molar-refractivity contribution in [1.29, 1.82) is 0 Å². The summed E-state index contributed by atoms with van der Waals surface area (Å²) in [6.45, 7) is 2.78. The van der Waals surface area contributed by atoms with Crippen LogP contribution in [0.5, 0.6) is 0 Å². The number of hydrogen-bond acceptors (Lipinski definition) is 2. The van der Waals surface area contributed by atoms with Crippen molar-refractivity contribution in [3.63, 3.8) is 0 Å². The maximum Gasteiger partial charge on any atom is 0.307 e. The van der Waals surface area contributed by atoms with E-state index >= 15 is 0 Å². The Morgan fingerprint density at radius 2 is 1.95 bits per heavy atom. The molecule has 5 heteroatoms. The molecule has 0 spiro atoms. The van der Waals surface area contributed by atoms with Crippen molar-refractivity contribution in [1.82, 2.24) is 4.90 Å². The Morgan fingerprint density at radius 3 is 2.55 bits per heavy atom. The average molecular weight is 366 g/mol. The highest BCUT2D eigenvalue weighted by Gasteiger charge is 2.45. The van der Waals surface area contributed by atoms with E-state index in [1.807, 2.05) is 17.9 Å². The fraction of sp³-hybridized carbons (Fsp3) is 0.529. The Kier molecular flexibility index (Phi) is 4.26. The van der Waals surface area contributed by atoms with Crippen LogP contribution in [-0.4, -0.2) is 28.4 Å². The molecule has 1 saturated carbocycles. The molecule has 118 valence electrons. The first kappa shape index (κ1) is 15.5. The van der Waals surface area contributed by atoms with Crippen LogP contribution in [0.3, 0.4) is 0 Å². The largest absolute Gasteiger partial charge is 0.481 e. The van der Waals surface area contributed by atoms with Crippen LogP contribution in [0.15, 0.2) is 22.7 Å². The molecule has 1 N–H and O–H groups in total. The lowest BCUT2D eigenvalue weighted by molar-refractivity contribution is -0.157. The third kappa shape index (κ3) is 2.67. The molecule has 0 bridgehead atoms. The van der Waals surface area contributed by atoms with Gasteiger partial charge in [-0.1, -0.05) is 28.1 Å². The molecule has 3 unspecified atom stereocenters. The van der Waals surface area contributed by atoms with Crippen LogP contribution in [0.25, 0.3) is 0 Å². The average Bonchev–Trinajstić information content (AvgIpc) is 2.89. The molecule has 1 aromatic carbocycles. The molecule has 1 aliphatic carbocycles. The molecule has 0 aromatic heterocycles. The maximum absolute atomic E-state index is 12.7. The summed E-state index contributed by atoms with van der Waals surface area (Å²) in [5, 5.41) is 9.17. The van der Waals surface area contributed by atoms with Crippen molar-refractivity contribution in [3.05, 3.63) is 33.8 Å². The minimum atomic E-state index is -0.833. The van der Waals surface area contributed by atoms with Crippen LogP contribution < -0.4 is 0 Å². The highest BCUT2D eigenvalue weighted by Crippen LogP contribution is 2.41. The van der Waals surface area contributed by atoms with Crippen LogP contribution in [0.2, 0.25) is 0 Å². The zero-order valence-corrected chi connectivity index (χ0v) is 14.2. The normalized spacial score (nSPS) is 27.5. The van der Waals surface area contributed by atoms with Crippen molar-refractivity contribution in [2.24, 2.45) is 11.8 Å². The number of amides is 1. The Balaban J connectivity index is 1.79. The van der Waals surface area contributed by atoms with Gasteiger partial charge in [0, 0.05) is 11.0 Å². The quantitative estimate of drug-likeness (QED) is 0.891. The van der Waals surface area contributed by atoms with E-state index in [9.17, 15) is 9.59 Å². The second-order valence-electron chi connectivity index (χ2n) is 6.33. The topological polar surface area (TPSA) is 57.6 Å². The molecular weight excluding hydrogens is 346 g/mol. The van der Waals surface area contributed by atoms with Crippen LogP contribution >= 0.6 is 15.9 Å². The molecule has 3 atom stereocenters. The number of benzene rings is 1. The van der Waals surface area contributed by atoms with Gasteiger partial charge in [0.2, 0.25) is 5.91 Å². The number of likely N-dealkylation sites (tertiary alicyclic amines) is 1. The fourth-order valence-corrected chi connectivity index (χ4v) is 3.80. The smallest absolute Gasteiger partial charge is 0.307 e. The summed E-state index contributed by atoms with van der Waals surface area (Å²) in [6, 6.07) is 6.29.